The Morgan fingerprint density at radius 3 is 2.63 bits per heavy atom. The molecule has 2 rings (SSSR count). The lowest BCUT2D eigenvalue weighted by atomic mass is 10.4. The van der Waals surface area contributed by atoms with Crippen LogP contribution < -0.4 is 10.6 Å². The van der Waals surface area contributed by atoms with E-state index in [9.17, 15) is 0 Å². The Balaban J connectivity index is 0.00000180. The van der Waals surface area contributed by atoms with Crippen molar-refractivity contribution in [3.8, 4) is 0 Å². The molecule has 0 amide bonds. The second-order valence-corrected chi connectivity index (χ2v) is 6.11. The first-order valence-electron chi connectivity index (χ1n) is 6.56. The lowest BCUT2D eigenvalue weighted by Crippen LogP contribution is -2.39. The van der Waals surface area contributed by atoms with Gasteiger partial charge in [-0.1, -0.05) is 0 Å². The number of rotatable bonds is 5. The molecule has 0 radical (unpaired) electrons. The van der Waals surface area contributed by atoms with Gasteiger partial charge in [-0.2, -0.15) is 0 Å². The zero-order chi connectivity index (χ0) is 13.0. The Hall–Kier alpha value is -0.370. The quantitative estimate of drug-likeness (QED) is 0.459. The zero-order valence-corrected chi connectivity index (χ0v) is 15.0. The first kappa shape index (κ1) is 16.7. The van der Waals surface area contributed by atoms with Crippen LogP contribution >= 0.6 is 35.3 Å². The van der Waals surface area contributed by atoms with Crippen molar-refractivity contribution < 1.29 is 0 Å². The van der Waals surface area contributed by atoms with Gasteiger partial charge in [0, 0.05) is 31.4 Å². The maximum Gasteiger partial charge on any atom is 0.190 e. The highest BCUT2D eigenvalue weighted by molar-refractivity contribution is 14.0. The molecular formula is C13H23IN4S. The fraction of sp³-hybridized carbons (Fsp3) is 0.692. The van der Waals surface area contributed by atoms with Crippen molar-refractivity contribution in [1.82, 2.24) is 15.6 Å². The van der Waals surface area contributed by atoms with Gasteiger partial charge >= 0.3 is 0 Å². The van der Waals surface area contributed by atoms with Crippen LogP contribution in [0.4, 0.5) is 0 Å². The fourth-order valence-corrected chi connectivity index (χ4v) is 2.65. The van der Waals surface area contributed by atoms with Gasteiger partial charge in [0.2, 0.25) is 0 Å². The smallest absolute Gasteiger partial charge is 0.190 e. The number of halogens is 1. The molecule has 4 nitrogen and oxygen atoms in total. The van der Waals surface area contributed by atoms with E-state index in [1.807, 2.05) is 7.05 Å². The normalized spacial score (nSPS) is 15.0. The van der Waals surface area contributed by atoms with E-state index in [-0.39, 0.29) is 24.0 Å². The summed E-state index contributed by atoms with van der Waals surface area (Å²) in [6.45, 7) is 6.13. The molecule has 0 bridgehead atoms. The van der Waals surface area contributed by atoms with Gasteiger partial charge in [0.1, 0.15) is 0 Å². The molecule has 0 spiro atoms. The van der Waals surface area contributed by atoms with Crippen LogP contribution in [0.3, 0.4) is 0 Å². The van der Waals surface area contributed by atoms with Crippen molar-refractivity contribution in [1.29, 1.82) is 0 Å². The summed E-state index contributed by atoms with van der Waals surface area (Å²) in [5.41, 5.74) is 1.16. The molecule has 6 heteroatoms. The number of hydrogen-bond donors (Lipinski definition) is 2. The first-order chi connectivity index (χ1) is 8.69. The van der Waals surface area contributed by atoms with Crippen molar-refractivity contribution in [3.63, 3.8) is 0 Å². The molecule has 1 aliphatic rings. The third kappa shape index (κ3) is 5.64. The van der Waals surface area contributed by atoms with E-state index >= 15 is 0 Å². The lowest BCUT2D eigenvalue weighted by Gasteiger charge is -2.10. The number of guanidine groups is 1. The second-order valence-electron chi connectivity index (χ2n) is 4.82. The monoisotopic (exact) mass is 394 g/mol. The van der Waals surface area contributed by atoms with Crippen molar-refractivity contribution in [3.05, 3.63) is 15.6 Å². The molecule has 19 heavy (non-hydrogen) atoms. The Kier molecular flexibility index (Phi) is 7.06. The standard InChI is InChI=1S/C13H22N4S.HI/c1-9-10(2)18-12(17-9)6-7-15-13(14-3)16-8-11-4-5-11;/h11H,4-8H2,1-3H3,(H2,14,15,16);1H. The summed E-state index contributed by atoms with van der Waals surface area (Å²) in [5.74, 6) is 1.78. The third-order valence-electron chi connectivity index (χ3n) is 3.18. The number of thiazole rings is 1. The average Bonchev–Trinajstić information content (AvgIpc) is 3.11. The molecule has 0 unspecified atom stereocenters. The van der Waals surface area contributed by atoms with Crippen LogP contribution in [0.2, 0.25) is 0 Å². The summed E-state index contributed by atoms with van der Waals surface area (Å²) < 4.78 is 0. The topological polar surface area (TPSA) is 49.3 Å². The van der Waals surface area contributed by atoms with E-state index < -0.39 is 0 Å². The van der Waals surface area contributed by atoms with Gasteiger partial charge in [0.25, 0.3) is 0 Å². The highest BCUT2D eigenvalue weighted by Crippen LogP contribution is 2.27. The maximum absolute atomic E-state index is 4.54. The Bertz CT molecular complexity index is 407. The molecule has 0 aromatic carbocycles. The van der Waals surface area contributed by atoms with E-state index in [4.69, 9.17) is 0 Å². The predicted molar refractivity (Wildman–Crippen MR) is 92.8 cm³/mol. The summed E-state index contributed by atoms with van der Waals surface area (Å²) in [7, 11) is 1.82. The largest absolute Gasteiger partial charge is 0.356 e. The minimum absolute atomic E-state index is 0. The van der Waals surface area contributed by atoms with Crippen LogP contribution in [-0.4, -0.2) is 31.1 Å². The van der Waals surface area contributed by atoms with Gasteiger partial charge in [-0.05, 0) is 32.6 Å². The molecule has 2 N–H and O–H groups in total. The highest BCUT2D eigenvalue weighted by atomic mass is 127. The van der Waals surface area contributed by atoms with E-state index in [0.29, 0.717) is 0 Å². The Morgan fingerprint density at radius 1 is 1.37 bits per heavy atom. The molecule has 1 heterocycles. The molecule has 1 fully saturated rings. The van der Waals surface area contributed by atoms with E-state index in [1.54, 1.807) is 11.3 Å². The highest BCUT2D eigenvalue weighted by Gasteiger charge is 2.20. The molecule has 1 aliphatic carbocycles. The molecule has 1 aromatic heterocycles. The van der Waals surface area contributed by atoms with Gasteiger partial charge in [0.05, 0.1) is 10.7 Å². The zero-order valence-electron chi connectivity index (χ0n) is 11.8. The van der Waals surface area contributed by atoms with E-state index in [2.05, 4.69) is 34.5 Å². The summed E-state index contributed by atoms with van der Waals surface area (Å²) in [5, 5.41) is 7.90. The number of nitrogens with one attached hydrogen (secondary N) is 2. The van der Waals surface area contributed by atoms with Crippen LogP contribution in [0.25, 0.3) is 0 Å². The summed E-state index contributed by atoms with van der Waals surface area (Å²) in [6, 6.07) is 0. The SMILES string of the molecule is CN=C(NCCc1nc(C)c(C)s1)NCC1CC1.I. The summed E-state index contributed by atoms with van der Waals surface area (Å²) >= 11 is 1.79. The van der Waals surface area contributed by atoms with Crippen LogP contribution in [-0.2, 0) is 6.42 Å². The number of nitrogens with zero attached hydrogens (tertiary/aromatic N) is 2. The fourth-order valence-electron chi connectivity index (χ4n) is 1.72. The molecule has 1 saturated carbocycles. The Morgan fingerprint density at radius 2 is 2.11 bits per heavy atom. The molecule has 0 saturated heterocycles. The molecule has 1 aromatic rings. The first-order valence-corrected chi connectivity index (χ1v) is 7.38. The van der Waals surface area contributed by atoms with Crippen LogP contribution in [0.15, 0.2) is 4.99 Å². The van der Waals surface area contributed by atoms with Crippen LogP contribution in [0.1, 0.15) is 28.4 Å². The van der Waals surface area contributed by atoms with Crippen molar-refractivity contribution in [2.24, 2.45) is 10.9 Å². The number of hydrogen-bond acceptors (Lipinski definition) is 3. The van der Waals surface area contributed by atoms with Crippen LogP contribution in [0.5, 0.6) is 0 Å². The third-order valence-corrected chi connectivity index (χ3v) is 4.32. The van der Waals surface area contributed by atoms with E-state index in [0.717, 1.165) is 37.1 Å². The molecule has 108 valence electrons. The average molecular weight is 394 g/mol. The number of aliphatic imine (C=N–C) groups is 1. The van der Waals surface area contributed by atoms with Gasteiger partial charge in [-0.3, -0.25) is 4.99 Å². The minimum atomic E-state index is 0. The van der Waals surface area contributed by atoms with Gasteiger partial charge in [-0.25, -0.2) is 4.98 Å². The minimum Gasteiger partial charge on any atom is -0.356 e. The number of aromatic nitrogens is 1. The van der Waals surface area contributed by atoms with Crippen molar-refractivity contribution in [2.75, 3.05) is 20.1 Å². The lowest BCUT2D eigenvalue weighted by molar-refractivity contribution is 0.733. The van der Waals surface area contributed by atoms with Crippen molar-refractivity contribution >= 4 is 41.3 Å². The Labute approximate surface area is 136 Å². The maximum atomic E-state index is 4.54. The van der Waals surface area contributed by atoms with Gasteiger partial charge in [-0.15, -0.1) is 35.3 Å². The van der Waals surface area contributed by atoms with Crippen molar-refractivity contribution in [2.45, 2.75) is 33.1 Å². The molecule has 0 aliphatic heterocycles. The van der Waals surface area contributed by atoms with E-state index in [1.165, 1.54) is 22.7 Å². The molecule has 0 atom stereocenters. The summed E-state index contributed by atoms with van der Waals surface area (Å²) in [4.78, 5) is 10.1. The number of aryl methyl sites for hydroxylation is 2. The molecular weight excluding hydrogens is 371 g/mol. The summed E-state index contributed by atoms with van der Waals surface area (Å²) in [6.07, 6.45) is 3.69. The van der Waals surface area contributed by atoms with Gasteiger partial charge in [0.15, 0.2) is 5.96 Å². The van der Waals surface area contributed by atoms with Gasteiger partial charge < -0.3 is 10.6 Å². The predicted octanol–water partition coefficient (Wildman–Crippen LogP) is 2.50. The van der Waals surface area contributed by atoms with Crippen LogP contribution in [0, 0.1) is 19.8 Å². The second kappa shape index (κ2) is 8.04.